The molecule has 0 spiro atoms. The number of rotatable bonds is 1. The molecule has 8 heavy (non-hydrogen) atoms. The van der Waals surface area contributed by atoms with E-state index in [1.54, 1.807) is 12.3 Å². The predicted molar refractivity (Wildman–Crippen MR) is 28.2 cm³/mol. The minimum absolute atomic E-state index is 0.407. The van der Waals surface area contributed by atoms with Gasteiger partial charge in [-0.2, -0.15) is 0 Å². The lowest BCUT2D eigenvalue weighted by atomic mass is 10.3. The van der Waals surface area contributed by atoms with Gasteiger partial charge in [-0.05, 0) is 6.07 Å². The first-order valence-electron chi connectivity index (χ1n) is 2.19. The highest BCUT2D eigenvalue weighted by Crippen LogP contribution is 1.92. The van der Waals surface area contributed by atoms with Crippen LogP contribution in [0.1, 0.15) is 10.4 Å². The van der Waals surface area contributed by atoms with Crippen molar-refractivity contribution in [1.29, 1.82) is 0 Å². The molecule has 0 atom stereocenters. The van der Waals surface area contributed by atoms with Gasteiger partial charge in [0.05, 0.1) is 5.56 Å². The summed E-state index contributed by atoms with van der Waals surface area (Å²) in [4.78, 5) is 12.8. The van der Waals surface area contributed by atoms with Gasteiger partial charge in [0.25, 0.3) is 5.91 Å². The van der Waals surface area contributed by atoms with Crippen LogP contribution in [0, 0.1) is 0 Å². The van der Waals surface area contributed by atoms with Crippen molar-refractivity contribution < 1.29 is 4.79 Å². The molecule has 1 rings (SSSR count). The lowest BCUT2D eigenvalue weighted by Crippen LogP contribution is -1.94. The summed E-state index contributed by atoms with van der Waals surface area (Å²) in [5.41, 5.74) is 6.98. The number of hydrogen-bond donors (Lipinski definition) is 1. The fourth-order valence-electron chi connectivity index (χ4n) is 0.465. The quantitative estimate of drug-likeness (QED) is 0.558. The molecule has 0 unspecified atom stereocenters. The molecule has 1 radical (unpaired) electrons. The molecule has 1 amide bonds. The highest BCUT2D eigenvalue weighted by atomic mass is 16.1. The number of carbonyl (C=O) groups is 1. The van der Waals surface area contributed by atoms with Gasteiger partial charge in [-0.1, -0.05) is 0 Å². The largest absolute Gasteiger partial charge is 0.367 e. The number of amides is 1. The number of hydrogen-bond acceptors (Lipinski definition) is 1. The molecule has 0 aliphatic rings. The highest BCUT2D eigenvalue weighted by molar-refractivity contribution is 5.91. The van der Waals surface area contributed by atoms with E-state index >= 15 is 0 Å². The third-order valence-electron chi connectivity index (χ3n) is 0.860. The number of nitrogens with one attached hydrogen (secondary N) is 2. The maximum absolute atomic E-state index is 10.2. The van der Waals surface area contributed by atoms with E-state index in [-0.39, 0.29) is 0 Å². The Morgan fingerprint density at radius 3 is 2.75 bits per heavy atom. The second kappa shape index (κ2) is 1.69. The lowest BCUT2D eigenvalue weighted by molar-refractivity contribution is 0.0992. The monoisotopic (exact) mass is 109 g/mol. The van der Waals surface area contributed by atoms with Crippen LogP contribution in [0.2, 0.25) is 0 Å². The van der Waals surface area contributed by atoms with Crippen molar-refractivity contribution in [3.05, 3.63) is 24.0 Å². The smallest absolute Gasteiger partial charge is 0.271 e. The van der Waals surface area contributed by atoms with Gasteiger partial charge in [-0.15, -0.1) is 0 Å². The average Bonchev–Trinajstić information content (AvgIpc) is 2.12. The van der Waals surface area contributed by atoms with Crippen LogP contribution in [0.3, 0.4) is 0 Å². The van der Waals surface area contributed by atoms with Gasteiger partial charge in [0.2, 0.25) is 0 Å². The zero-order chi connectivity index (χ0) is 5.98. The lowest BCUT2D eigenvalue weighted by Gasteiger charge is -1.78. The fraction of sp³-hybridized carbons (Fsp3) is 0. The first-order chi connectivity index (χ1) is 3.80. The van der Waals surface area contributed by atoms with Crippen LogP contribution in [-0.4, -0.2) is 10.9 Å². The van der Waals surface area contributed by atoms with Crippen molar-refractivity contribution in [1.82, 2.24) is 10.7 Å². The van der Waals surface area contributed by atoms with E-state index < -0.39 is 5.91 Å². The summed E-state index contributed by atoms with van der Waals surface area (Å²) < 4.78 is 0. The average molecular weight is 109 g/mol. The van der Waals surface area contributed by atoms with Crippen molar-refractivity contribution >= 4 is 5.91 Å². The van der Waals surface area contributed by atoms with Gasteiger partial charge < -0.3 is 4.98 Å². The minimum atomic E-state index is -0.647. The number of H-pyrrole nitrogens is 1. The van der Waals surface area contributed by atoms with Crippen molar-refractivity contribution in [2.45, 2.75) is 0 Å². The van der Waals surface area contributed by atoms with Gasteiger partial charge in [0, 0.05) is 12.4 Å². The Labute approximate surface area is 46.5 Å². The fourth-order valence-corrected chi connectivity index (χ4v) is 0.465. The molecule has 1 heterocycles. The number of aromatic amines is 1. The highest BCUT2D eigenvalue weighted by Gasteiger charge is 1.96. The Hall–Kier alpha value is -1.25. The molecule has 0 bridgehead atoms. The van der Waals surface area contributed by atoms with Crippen molar-refractivity contribution in [3.8, 4) is 0 Å². The van der Waals surface area contributed by atoms with E-state index in [1.165, 1.54) is 6.20 Å². The van der Waals surface area contributed by atoms with Gasteiger partial charge in [-0.3, -0.25) is 10.5 Å². The summed E-state index contributed by atoms with van der Waals surface area (Å²) in [5, 5.41) is 0. The molecule has 0 aliphatic heterocycles. The first-order valence-corrected chi connectivity index (χ1v) is 2.19. The van der Waals surface area contributed by atoms with E-state index in [4.69, 9.17) is 5.73 Å². The normalized spacial score (nSPS) is 9.00. The van der Waals surface area contributed by atoms with Gasteiger partial charge in [-0.25, -0.2) is 0 Å². The van der Waals surface area contributed by atoms with Crippen LogP contribution >= 0.6 is 0 Å². The third kappa shape index (κ3) is 0.703. The van der Waals surface area contributed by atoms with Crippen molar-refractivity contribution in [3.63, 3.8) is 0 Å². The molecular weight excluding hydrogens is 104 g/mol. The molecule has 1 aromatic heterocycles. The van der Waals surface area contributed by atoms with E-state index in [0.717, 1.165) is 0 Å². The number of carbonyl (C=O) groups excluding carboxylic acids is 1. The van der Waals surface area contributed by atoms with E-state index in [9.17, 15) is 4.79 Å². The summed E-state index contributed by atoms with van der Waals surface area (Å²) in [6.45, 7) is 0. The molecular formula is C5H5N2O. The Morgan fingerprint density at radius 1 is 1.75 bits per heavy atom. The summed E-state index contributed by atoms with van der Waals surface area (Å²) >= 11 is 0. The molecule has 3 heteroatoms. The van der Waals surface area contributed by atoms with Gasteiger partial charge in [0.15, 0.2) is 0 Å². The van der Waals surface area contributed by atoms with Crippen LogP contribution in [0.15, 0.2) is 18.5 Å². The summed E-state index contributed by atoms with van der Waals surface area (Å²) in [6.07, 6.45) is 3.11. The van der Waals surface area contributed by atoms with E-state index in [1.807, 2.05) is 0 Å². The van der Waals surface area contributed by atoms with Gasteiger partial charge in [0.1, 0.15) is 0 Å². The van der Waals surface area contributed by atoms with Crippen LogP contribution in [0.4, 0.5) is 0 Å². The maximum atomic E-state index is 10.2. The zero-order valence-electron chi connectivity index (χ0n) is 4.14. The standard InChI is InChI=1S/C5H5N2O/c6-5(8)4-1-2-7-3-4/h1-3,6-7H. The Bertz CT molecular complexity index is 178. The molecule has 41 valence electrons. The van der Waals surface area contributed by atoms with Crippen LogP contribution in [-0.2, 0) is 0 Å². The molecule has 0 saturated heterocycles. The third-order valence-corrected chi connectivity index (χ3v) is 0.860. The Balaban J connectivity index is 2.93. The van der Waals surface area contributed by atoms with Crippen LogP contribution in [0.25, 0.3) is 0 Å². The molecule has 3 nitrogen and oxygen atoms in total. The molecule has 0 saturated carbocycles. The van der Waals surface area contributed by atoms with Crippen molar-refractivity contribution in [2.75, 3.05) is 0 Å². The first kappa shape index (κ1) is 4.90. The zero-order valence-corrected chi connectivity index (χ0v) is 4.14. The predicted octanol–water partition coefficient (Wildman–Crippen LogP) is 0.438. The Morgan fingerprint density at radius 2 is 2.50 bits per heavy atom. The van der Waals surface area contributed by atoms with E-state index in [2.05, 4.69) is 4.98 Å². The SMILES string of the molecule is [NH]C(=O)c1cc[nH]c1. The second-order valence-corrected chi connectivity index (χ2v) is 1.43. The topological polar surface area (TPSA) is 56.7 Å². The molecule has 0 aromatic carbocycles. The van der Waals surface area contributed by atoms with E-state index in [0.29, 0.717) is 5.56 Å². The van der Waals surface area contributed by atoms with Crippen LogP contribution < -0.4 is 5.73 Å². The summed E-state index contributed by atoms with van der Waals surface area (Å²) in [7, 11) is 0. The maximum Gasteiger partial charge on any atom is 0.271 e. The number of aromatic nitrogens is 1. The molecule has 0 fully saturated rings. The van der Waals surface area contributed by atoms with Crippen molar-refractivity contribution in [2.24, 2.45) is 0 Å². The second-order valence-electron chi connectivity index (χ2n) is 1.43. The minimum Gasteiger partial charge on any atom is -0.367 e. The summed E-state index contributed by atoms with van der Waals surface area (Å²) in [5.74, 6) is -0.647. The Kier molecular flexibility index (Phi) is 1.04. The molecule has 2 N–H and O–H groups in total. The van der Waals surface area contributed by atoms with Gasteiger partial charge >= 0.3 is 0 Å². The molecule has 0 aliphatic carbocycles. The summed E-state index contributed by atoms with van der Waals surface area (Å²) in [6, 6.07) is 1.56. The van der Waals surface area contributed by atoms with Crippen LogP contribution in [0.5, 0.6) is 0 Å². The molecule has 1 aromatic rings.